The Hall–Kier alpha value is -1.99. The van der Waals surface area contributed by atoms with E-state index in [-0.39, 0.29) is 29.3 Å². The molecule has 0 radical (unpaired) electrons. The Kier molecular flexibility index (Phi) is 5.06. The standard InChI is InChI=1S/C23H32N4O3/c1-15-5-3-6-16-13-18-19(20(28)23(15,16)2)17(21(29)30-18)14-26-9-11-27(12-10-26)22-24-7-4-8-25-22/h4,6-8,15,17-20,28H,3,5,9-14H2,1-2H3/t15?,17?,18-,19-,20?,23-/m1/s1. The van der Waals surface area contributed by atoms with Crippen LogP contribution in [0.25, 0.3) is 0 Å². The Labute approximate surface area is 178 Å². The van der Waals surface area contributed by atoms with Crippen LogP contribution in [-0.4, -0.2) is 70.9 Å². The molecule has 6 atom stereocenters. The second-order valence-corrected chi connectivity index (χ2v) is 9.64. The first-order chi connectivity index (χ1) is 14.5. The summed E-state index contributed by atoms with van der Waals surface area (Å²) in [6, 6.07) is 1.83. The molecular weight excluding hydrogens is 380 g/mol. The molecular formula is C23H32N4O3. The summed E-state index contributed by atoms with van der Waals surface area (Å²) in [5, 5.41) is 11.5. The first kappa shape index (κ1) is 19.9. The number of piperazine rings is 1. The van der Waals surface area contributed by atoms with Gasteiger partial charge < -0.3 is 14.7 Å². The molecule has 7 heteroatoms. The Morgan fingerprint density at radius 3 is 2.70 bits per heavy atom. The van der Waals surface area contributed by atoms with Crippen LogP contribution in [0.3, 0.4) is 0 Å². The van der Waals surface area contributed by atoms with Crippen molar-refractivity contribution in [2.75, 3.05) is 37.6 Å². The molecule has 2 saturated heterocycles. The zero-order chi connectivity index (χ0) is 20.9. The number of esters is 1. The first-order valence-electron chi connectivity index (χ1n) is 11.3. The predicted molar refractivity (Wildman–Crippen MR) is 113 cm³/mol. The largest absolute Gasteiger partial charge is 0.461 e. The number of anilines is 1. The number of rotatable bonds is 3. The third kappa shape index (κ3) is 3.14. The number of carbonyl (C=O) groups is 1. The van der Waals surface area contributed by atoms with Crippen molar-refractivity contribution in [2.24, 2.45) is 23.2 Å². The molecule has 162 valence electrons. The lowest BCUT2D eigenvalue weighted by atomic mass is 9.55. The summed E-state index contributed by atoms with van der Waals surface area (Å²) in [5.41, 5.74) is 1.05. The fourth-order valence-electron chi connectivity index (χ4n) is 6.14. The van der Waals surface area contributed by atoms with Crippen LogP contribution in [0, 0.1) is 23.2 Å². The molecule has 0 amide bonds. The molecule has 0 spiro atoms. The van der Waals surface area contributed by atoms with Crippen LogP contribution in [0.15, 0.2) is 30.1 Å². The third-order valence-electron chi connectivity index (χ3n) is 8.23. The fraction of sp³-hybridized carbons (Fsp3) is 0.696. The van der Waals surface area contributed by atoms with E-state index in [1.807, 2.05) is 6.07 Å². The number of hydrogen-bond donors (Lipinski definition) is 1. The number of nitrogens with zero attached hydrogens (tertiary/aromatic N) is 4. The van der Waals surface area contributed by atoms with E-state index in [4.69, 9.17) is 4.74 Å². The molecule has 1 saturated carbocycles. The van der Waals surface area contributed by atoms with Gasteiger partial charge in [-0.3, -0.25) is 9.69 Å². The number of allylic oxidation sites excluding steroid dienone is 1. The number of fused-ring (bicyclic) bond motifs is 2. The van der Waals surface area contributed by atoms with Gasteiger partial charge in [0, 0.05) is 62.9 Å². The average molecular weight is 413 g/mol. The number of aromatic nitrogens is 2. The molecule has 3 heterocycles. The smallest absolute Gasteiger partial charge is 0.311 e. The maximum atomic E-state index is 12.8. The summed E-state index contributed by atoms with van der Waals surface area (Å²) in [4.78, 5) is 26.0. The van der Waals surface area contributed by atoms with Crippen molar-refractivity contribution in [3.63, 3.8) is 0 Å². The molecule has 0 aromatic carbocycles. The number of aliphatic hydroxyl groups excluding tert-OH is 1. The van der Waals surface area contributed by atoms with E-state index in [0.29, 0.717) is 12.5 Å². The Morgan fingerprint density at radius 2 is 1.97 bits per heavy atom. The van der Waals surface area contributed by atoms with Gasteiger partial charge in [0.05, 0.1) is 12.0 Å². The van der Waals surface area contributed by atoms with E-state index in [1.54, 1.807) is 12.4 Å². The van der Waals surface area contributed by atoms with Gasteiger partial charge in [-0.05, 0) is 24.8 Å². The highest BCUT2D eigenvalue weighted by molar-refractivity contribution is 5.76. The van der Waals surface area contributed by atoms with Crippen LogP contribution in [-0.2, 0) is 9.53 Å². The maximum absolute atomic E-state index is 12.8. The molecule has 1 N–H and O–H groups in total. The van der Waals surface area contributed by atoms with Crippen molar-refractivity contribution >= 4 is 11.9 Å². The zero-order valence-corrected chi connectivity index (χ0v) is 17.9. The van der Waals surface area contributed by atoms with E-state index in [2.05, 4.69) is 39.7 Å². The van der Waals surface area contributed by atoms with Crippen LogP contribution in [0.5, 0.6) is 0 Å². The van der Waals surface area contributed by atoms with Crippen molar-refractivity contribution in [1.29, 1.82) is 0 Å². The van der Waals surface area contributed by atoms with Gasteiger partial charge in [0.1, 0.15) is 6.10 Å². The zero-order valence-electron chi connectivity index (χ0n) is 17.9. The summed E-state index contributed by atoms with van der Waals surface area (Å²) in [6.07, 6.45) is 8.04. The normalized spacial score (nSPS) is 39.2. The maximum Gasteiger partial charge on any atom is 0.311 e. The number of hydrogen-bond acceptors (Lipinski definition) is 7. The minimum absolute atomic E-state index is 0.115. The van der Waals surface area contributed by atoms with E-state index in [0.717, 1.165) is 51.4 Å². The molecule has 4 aliphatic rings. The van der Waals surface area contributed by atoms with Gasteiger partial charge in [0.15, 0.2) is 0 Å². The Balaban J connectivity index is 1.28. The van der Waals surface area contributed by atoms with Crippen molar-refractivity contribution in [1.82, 2.24) is 14.9 Å². The van der Waals surface area contributed by atoms with Gasteiger partial charge in [-0.15, -0.1) is 0 Å². The molecule has 0 bridgehead atoms. The summed E-state index contributed by atoms with van der Waals surface area (Å²) in [6.45, 7) is 8.48. The van der Waals surface area contributed by atoms with E-state index in [1.165, 1.54) is 5.57 Å². The van der Waals surface area contributed by atoms with Gasteiger partial charge in [-0.1, -0.05) is 25.5 Å². The lowest BCUT2D eigenvalue weighted by Crippen LogP contribution is -2.55. The number of carbonyl (C=O) groups excluding carboxylic acids is 1. The molecule has 1 aromatic heterocycles. The first-order valence-corrected chi connectivity index (χ1v) is 11.3. The van der Waals surface area contributed by atoms with E-state index >= 15 is 0 Å². The number of ether oxygens (including phenoxy) is 1. The highest BCUT2D eigenvalue weighted by Gasteiger charge is 2.59. The lowest BCUT2D eigenvalue weighted by Gasteiger charge is -2.52. The number of aliphatic hydroxyl groups is 1. The summed E-state index contributed by atoms with van der Waals surface area (Å²) >= 11 is 0. The summed E-state index contributed by atoms with van der Waals surface area (Å²) in [5.74, 6) is 0.680. The minimum atomic E-state index is -0.534. The molecule has 2 aliphatic heterocycles. The van der Waals surface area contributed by atoms with Crippen molar-refractivity contribution < 1.29 is 14.6 Å². The highest BCUT2D eigenvalue weighted by atomic mass is 16.6. The Morgan fingerprint density at radius 1 is 1.23 bits per heavy atom. The van der Waals surface area contributed by atoms with Crippen molar-refractivity contribution in [2.45, 2.75) is 45.3 Å². The van der Waals surface area contributed by atoms with Crippen LogP contribution in [0.1, 0.15) is 33.1 Å². The second kappa shape index (κ2) is 7.61. The van der Waals surface area contributed by atoms with Gasteiger partial charge in [-0.2, -0.15) is 0 Å². The molecule has 3 fully saturated rings. The van der Waals surface area contributed by atoms with Crippen LogP contribution < -0.4 is 4.90 Å². The monoisotopic (exact) mass is 412 g/mol. The van der Waals surface area contributed by atoms with Gasteiger partial charge in [-0.25, -0.2) is 9.97 Å². The average Bonchev–Trinajstić information content (AvgIpc) is 3.07. The van der Waals surface area contributed by atoms with Gasteiger partial charge in [0.25, 0.3) is 0 Å². The fourth-order valence-corrected chi connectivity index (χ4v) is 6.14. The quantitative estimate of drug-likeness (QED) is 0.600. The molecule has 2 aliphatic carbocycles. The third-order valence-corrected chi connectivity index (χ3v) is 8.23. The molecule has 3 unspecified atom stereocenters. The van der Waals surface area contributed by atoms with Gasteiger partial charge in [0.2, 0.25) is 5.95 Å². The van der Waals surface area contributed by atoms with Crippen LogP contribution >= 0.6 is 0 Å². The molecule has 5 rings (SSSR count). The Bertz CT molecular complexity index is 823. The van der Waals surface area contributed by atoms with Crippen LogP contribution in [0.2, 0.25) is 0 Å². The summed E-state index contributed by atoms with van der Waals surface area (Å²) in [7, 11) is 0. The molecule has 7 nitrogen and oxygen atoms in total. The van der Waals surface area contributed by atoms with Gasteiger partial charge >= 0.3 is 5.97 Å². The second-order valence-electron chi connectivity index (χ2n) is 9.64. The highest BCUT2D eigenvalue weighted by Crippen LogP contribution is 2.56. The van der Waals surface area contributed by atoms with Crippen molar-refractivity contribution in [3.05, 3.63) is 30.1 Å². The summed E-state index contributed by atoms with van der Waals surface area (Å²) < 4.78 is 5.81. The van der Waals surface area contributed by atoms with Crippen molar-refractivity contribution in [3.8, 4) is 0 Å². The lowest BCUT2D eigenvalue weighted by molar-refractivity contribution is -0.145. The topological polar surface area (TPSA) is 78.8 Å². The van der Waals surface area contributed by atoms with Crippen LogP contribution in [0.4, 0.5) is 5.95 Å². The predicted octanol–water partition coefficient (Wildman–Crippen LogP) is 1.88. The minimum Gasteiger partial charge on any atom is -0.461 e. The van der Waals surface area contributed by atoms with E-state index < -0.39 is 6.10 Å². The molecule has 30 heavy (non-hydrogen) atoms. The molecule has 1 aromatic rings. The SMILES string of the molecule is CC1CCC=C2C[C@H]3OC(=O)C(CN4CCN(c5ncccn5)CC4)[C@H]3C(O)[C@@]21C. The van der Waals surface area contributed by atoms with E-state index in [9.17, 15) is 9.90 Å².